The molecule has 0 bridgehead atoms. The molecule has 294 valence electrons. The maximum atomic E-state index is 6.12. The summed E-state index contributed by atoms with van der Waals surface area (Å²) >= 11 is 0. The molecule has 2 unspecified atom stereocenters. The highest BCUT2D eigenvalue weighted by Gasteiger charge is 2.40. The molecule has 0 saturated carbocycles. The number of pyridine rings is 1. The molecule has 0 spiro atoms. The number of anilines is 1. The lowest BCUT2D eigenvalue weighted by molar-refractivity contribution is 0.106. The fourth-order valence-corrected chi connectivity index (χ4v) is 6.82. The highest BCUT2D eigenvalue weighted by Crippen LogP contribution is 2.36. The lowest BCUT2D eigenvalue weighted by atomic mass is 9.85. The van der Waals surface area contributed by atoms with Gasteiger partial charge in [0, 0.05) is 86.5 Å². The van der Waals surface area contributed by atoms with Crippen LogP contribution in [0.1, 0.15) is 87.7 Å². The van der Waals surface area contributed by atoms with Gasteiger partial charge in [0.1, 0.15) is 0 Å². The van der Waals surface area contributed by atoms with Gasteiger partial charge < -0.3 is 20.7 Å². The Labute approximate surface area is 332 Å². The summed E-state index contributed by atoms with van der Waals surface area (Å²) in [4.78, 5) is 13.6. The van der Waals surface area contributed by atoms with Crippen molar-refractivity contribution in [3.05, 3.63) is 151 Å². The highest BCUT2D eigenvalue weighted by atomic mass is 16.5. The van der Waals surface area contributed by atoms with E-state index in [4.69, 9.17) is 10.5 Å². The maximum absolute atomic E-state index is 6.12. The molecule has 55 heavy (non-hydrogen) atoms. The number of hydrogen-bond acceptors (Lipinski definition) is 7. The van der Waals surface area contributed by atoms with E-state index < -0.39 is 0 Å². The van der Waals surface area contributed by atoms with Crippen LogP contribution in [0.4, 0.5) is 5.69 Å². The van der Waals surface area contributed by atoms with Gasteiger partial charge in [-0.1, -0.05) is 109 Å². The molecule has 2 aromatic carbocycles. The number of nitrogens with two attached hydrogens (primary N) is 1. The van der Waals surface area contributed by atoms with E-state index in [0.717, 1.165) is 103 Å². The first-order chi connectivity index (χ1) is 26.5. The molecule has 0 radical (unpaired) electrons. The molecule has 3 heterocycles. The van der Waals surface area contributed by atoms with Gasteiger partial charge in [-0.25, -0.2) is 0 Å². The number of hydrogen-bond donors (Lipinski definition) is 2. The molecular weight excluding hydrogens is 677 g/mol. The minimum absolute atomic E-state index is 0.139. The Morgan fingerprint density at radius 1 is 1.05 bits per heavy atom. The van der Waals surface area contributed by atoms with Crippen molar-refractivity contribution in [2.24, 2.45) is 16.1 Å². The lowest BCUT2D eigenvalue weighted by Crippen LogP contribution is -2.38. The van der Waals surface area contributed by atoms with E-state index in [1.807, 2.05) is 64.4 Å². The van der Waals surface area contributed by atoms with Crippen molar-refractivity contribution in [3.63, 3.8) is 0 Å². The van der Waals surface area contributed by atoms with E-state index in [1.165, 1.54) is 11.1 Å². The maximum Gasteiger partial charge on any atom is 0.0630 e. The molecule has 3 aromatic rings. The number of aromatic nitrogens is 1. The van der Waals surface area contributed by atoms with Crippen LogP contribution in [0.25, 0.3) is 16.8 Å². The average molecular weight is 743 g/mol. The number of para-hydroxylation sites is 1. The Morgan fingerprint density at radius 3 is 2.40 bits per heavy atom. The zero-order chi connectivity index (χ0) is 40.4. The van der Waals surface area contributed by atoms with Gasteiger partial charge in [-0.3, -0.25) is 14.9 Å². The zero-order valence-corrected chi connectivity index (χ0v) is 34.7. The molecule has 7 nitrogen and oxygen atoms in total. The van der Waals surface area contributed by atoms with Crippen molar-refractivity contribution < 1.29 is 4.74 Å². The zero-order valence-electron chi connectivity index (χ0n) is 34.7. The highest BCUT2D eigenvalue weighted by molar-refractivity contribution is 5.85. The van der Waals surface area contributed by atoms with Crippen molar-refractivity contribution in [1.29, 1.82) is 0 Å². The van der Waals surface area contributed by atoms with Crippen LogP contribution in [0.2, 0.25) is 0 Å². The third kappa shape index (κ3) is 12.3. The predicted molar refractivity (Wildman–Crippen MR) is 239 cm³/mol. The van der Waals surface area contributed by atoms with Crippen LogP contribution in [-0.4, -0.2) is 74.5 Å². The normalized spacial score (nSPS) is 17.4. The number of likely N-dealkylation sites (tertiary alicyclic amines) is 1. The van der Waals surface area contributed by atoms with Crippen molar-refractivity contribution in [3.8, 4) is 0 Å². The molecule has 0 amide bonds. The van der Waals surface area contributed by atoms with Gasteiger partial charge in [0.25, 0.3) is 0 Å². The van der Waals surface area contributed by atoms with Crippen molar-refractivity contribution in [2.45, 2.75) is 59.8 Å². The summed E-state index contributed by atoms with van der Waals surface area (Å²) < 4.78 is 5.43. The fraction of sp³-hybridized carbons (Fsp3) is 0.375. The number of ether oxygens (including phenoxy) is 1. The standard InChI is InChI=1S/C28H38N4O.C18H22N2.C2H6/c1-6-7-15-30-23(3)25-8-10-26(11-9-25)27-12-16-32(17-13-27)22(2)19-31-18-14-28(20-31,21-33-5)24(4)29;1-5-13(2)18-12-15(10-11-20-18)14(3)16-8-6-7-9-17(16)19-4;1-2/h6-12,15H,2-4,13-14,16-21,29H2,1,5H3;6-13,19H,3,5H2,1-2,4H3;1-2H3/b7-6-,30-15?;;. The third-order valence-electron chi connectivity index (χ3n) is 10.5. The van der Waals surface area contributed by atoms with Crippen LogP contribution in [0.5, 0.6) is 0 Å². The lowest BCUT2D eigenvalue weighted by Gasteiger charge is -2.33. The van der Waals surface area contributed by atoms with Crippen molar-refractivity contribution >= 4 is 28.7 Å². The number of aliphatic imine (C=N–C) groups is 1. The van der Waals surface area contributed by atoms with Crippen molar-refractivity contribution in [2.75, 3.05) is 58.8 Å². The number of rotatable bonds is 15. The van der Waals surface area contributed by atoms with Gasteiger partial charge in [-0.05, 0) is 90.8 Å². The Bertz CT molecular complexity index is 1820. The summed E-state index contributed by atoms with van der Waals surface area (Å²) in [6.07, 6.45) is 12.9. The van der Waals surface area contributed by atoms with E-state index in [2.05, 4.69) is 114 Å². The molecule has 3 N–H and O–H groups in total. The van der Waals surface area contributed by atoms with E-state index in [1.54, 1.807) is 13.3 Å². The summed E-state index contributed by atoms with van der Waals surface area (Å²) in [5, 5.41) is 3.22. The molecule has 7 heteroatoms. The summed E-state index contributed by atoms with van der Waals surface area (Å²) in [6.45, 7) is 32.3. The number of methoxy groups -OCH3 is 1. The predicted octanol–water partition coefficient (Wildman–Crippen LogP) is 10.4. The van der Waals surface area contributed by atoms with Crippen LogP contribution in [0.3, 0.4) is 0 Å². The summed E-state index contributed by atoms with van der Waals surface area (Å²) in [6, 6.07) is 20.9. The largest absolute Gasteiger partial charge is 0.402 e. The molecular formula is C48H66N6O. The van der Waals surface area contributed by atoms with Gasteiger partial charge in [-0.2, -0.15) is 0 Å². The molecule has 2 atom stereocenters. The average Bonchev–Trinajstić information content (AvgIpc) is 3.65. The van der Waals surface area contributed by atoms with Crippen LogP contribution >= 0.6 is 0 Å². The van der Waals surface area contributed by atoms with E-state index in [9.17, 15) is 0 Å². The molecule has 1 fully saturated rings. The van der Waals surface area contributed by atoms with E-state index in [-0.39, 0.29) is 5.41 Å². The van der Waals surface area contributed by atoms with Gasteiger partial charge in [0.05, 0.1) is 12.3 Å². The van der Waals surface area contributed by atoms with Crippen LogP contribution in [0, 0.1) is 5.41 Å². The Hall–Kier alpha value is -4.98. The second-order valence-corrected chi connectivity index (χ2v) is 14.1. The topological polar surface area (TPSA) is 79.0 Å². The molecule has 1 aromatic heterocycles. The Balaban J connectivity index is 0.000000315. The van der Waals surface area contributed by atoms with Gasteiger partial charge in [0.2, 0.25) is 0 Å². The summed E-state index contributed by atoms with van der Waals surface area (Å²) in [5.74, 6) is 0.474. The molecule has 1 saturated heterocycles. The van der Waals surface area contributed by atoms with Gasteiger partial charge >= 0.3 is 0 Å². The first kappa shape index (κ1) is 44.4. The fourth-order valence-electron chi connectivity index (χ4n) is 6.82. The molecule has 2 aliphatic heterocycles. The monoisotopic (exact) mass is 743 g/mol. The molecule has 5 rings (SSSR count). The quantitative estimate of drug-likeness (QED) is 0.151. The molecule has 0 aliphatic carbocycles. The Morgan fingerprint density at radius 2 is 1.78 bits per heavy atom. The van der Waals surface area contributed by atoms with E-state index >= 15 is 0 Å². The smallest absolute Gasteiger partial charge is 0.0630 e. The SMILES string of the molecule is C=C(N=C/C=C\C)c1ccc(C2=CCN(C(=C)CN3CCC(COC)(C(=C)N)C3)CC2)cc1.C=C(c1ccnc(C(C)CC)c1)c1ccccc1NC.CC. The third-order valence-corrected chi connectivity index (χ3v) is 10.5. The number of allylic oxidation sites excluding steroid dienone is 2. The van der Waals surface area contributed by atoms with Crippen molar-refractivity contribution in [1.82, 2.24) is 14.8 Å². The van der Waals surface area contributed by atoms with Crippen LogP contribution < -0.4 is 11.1 Å². The minimum atomic E-state index is -0.139. The minimum Gasteiger partial charge on any atom is -0.402 e. The van der Waals surface area contributed by atoms with Gasteiger partial charge in [-0.15, -0.1) is 0 Å². The first-order valence-corrected chi connectivity index (χ1v) is 19.7. The number of benzene rings is 2. The van der Waals surface area contributed by atoms with E-state index in [0.29, 0.717) is 12.5 Å². The summed E-state index contributed by atoms with van der Waals surface area (Å²) in [7, 11) is 3.66. The number of nitrogens with zero attached hydrogens (tertiary/aromatic N) is 4. The van der Waals surface area contributed by atoms with Crippen LogP contribution in [0.15, 0.2) is 128 Å². The number of nitrogens with one attached hydrogen (secondary N) is 1. The Kier molecular flexibility index (Phi) is 18.1. The second kappa shape index (κ2) is 22.4. The second-order valence-electron chi connectivity index (χ2n) is 14.1. The summed E-state index contributed by atoms with van der Waals surface area (Å²) in [5.41, 5.74) is 17.9. The van der Waals surface area contributed by atoms with Gasteiger partial charge in [0.15, 0.2) is 0 Å². The van der Waals surface area contributed by atoms with Crippen LogP contribution in [-0.2, 0) is 4.74 Å². The first-order valence-electron chi connectivity index (χ1n) is 19.7. The molecule has 2 aliphatic rings.